The fourth-order valence-corrected chi connectivity index (χ4v) is 2.07. The summed E-state index contributed by atoms with van der Waals surface area (Å²) in [7, 11) is 0. The molecule has 2 N–H and O–H groups in total. The number of hydrogen-bond donors (Lipinski definition) is 2. The van der Waals surface area contributed by atoms with Crippen LogP contribution in [-0.4, -0.2) is 16.2 Å². The number of aromatic amines is 1. The summed E-state index contributed by atoms with van der Waals surface area (Å²) < 4.78 is 0.484. The number of aromatic nitrogens is 2. The van der Waals surface area contributed by atoms with Crippen LogP contribution in [0, 0.1) is 0 Å². The number of H-pyrrole nitrogens is 1. The van der Waals surface area contributed by atoms with E-state index in [1.54, 1.807) is 6.20 Å². The van der Waals surface area contributed by atoms with Crippen molar-refractivity contribution >= 4 is 21.6 Å². The first kappa shape index (κ1) is 12.8. The highest BCUT2D eigenvalue weighted by Crippen LogP contribution is 2.17. The van der Waals surface area contributed by atoms with E-state index in [0.29, 0.717) is 10.2 Å². The summed E-state index contributed by atoms with van der Waals surface area (Å²) in [5.74, 6) is 0. The molecular formula is C13H14BrN3O. The van der Waals surface area contributed by atoms with Gasteiger partial charge in [0.1, 0.15) is 4.47 Å². The Balaban J connectivity index is 2.06. The van der Waals surface area contributed by atoms with Gasteiger partial charge in [-0.15, -0.1) is 0 Å². The Kier molecular flexibility index (Phi) is 4.15. The predicted octanol–water partition coefficient (Wildman–Crippen LogP) is 2.58. The van der Waals surface area contributed by atoms with E-state index < -0.39 is 0 Å². The molecule has 0 saturated heterocycles. The molecule has 1 heterocycles. The minimum Gasteiger partial charge on any atom is -0.380 e. The Bertz CT molecular complexity index is 568. The first-order valence-electron chi connectivity index (χ1n) is 5.70. The summed E-state index contributed by atoms with van der Waals surface area (Å²) in [6.07, 6.45) is 2.49. The van der Waals surface area contributed by atoms with Crippen LogP contribution >= 0.6 is 15.9 Å². The number of benzene rings is 1. The molecule has 0 bridgehead atoms. The van der Waals surface area contributed by atoms with Crippen molar-refractivity contribution in [3.63, 3.8) is 0 Å². The van der Waals surface area contributed by atoms with E-state index in [9.17, 15) is 4.79 Å². The molecular weight excluding hydrogens is 294 g/mol. The molecule has 2 aromatic rings. The van der Waals surface area contributed by atoms with E-state index in [0.717, 1.165) is 6.42 Å². The van der Waals surface area contributed by atoms with Gasteiger partial charge >= 0.3 is 0 Å². The summed E-state index contributed by atoms with van der Waals surface area (Å²) in [5, 5.41) is 9.42. The highest BCUT2D eigenvalue weighted by Gasteiger charge is 2.08. The monoisotopic (exact) mass is 307 g/mol. The molecule has 18 heavy (non-hydrogen) atoms. The third-order valence-electron chi connectivity index (χ3n) is 2.58. The summed E-state index contributed by atoms with van der Waals surface area (Å²) in [6, 6.07) is 10.4. The molecule has 1 unspecified atom stereocenters. The maximum atomic E-state index is 11.4. The van der Waals surface area contributed by atoms with Crippen molar-refractivity contribution < 1.29 is 0 Å². The van der Waals surface area contributed by atoms with Crippen molar-refractivity contribution in [2.24, 2.45) is 0 Å². The van der Waals surface area contributed by atoms with Gasteiger partial charge in [0.15, 0.2) is 0 Å². The van der Waals surface area contributed by atoms with Gasteiger partial charge < -0.3 is 5.32 Å². The predicted molar refractivity (Wildman–Crippen MR) is 75.8 cm³/mol. The van der Waals surface area contributed by atoms with E-state index in [-0.39, 0.29) is 11.6 Å². The normalized spacial score (nSPS) is 12.1. The van der Waals surface area contributed by atoms with E-state index in [1.807, 2.05) is 18.2 Å². The lowest BCUT2D eigenvalue weighted by molar-refractivity contribution is 0.785. The number of halogens is 1. The van der Waals surface area contributed by atoms with Crippen LogP contribution in [-0.2, 0) is 6.42 Å². The Morgan fingerprint density at radius 3 is 2.83 bits per heavy atom. The highest BCUT2D eigenvalue weighted by molar-refractivity contribution is 9.10. The maximum absolute atomic E-state index is 11.4. The van der Waals surface area contributed by atoms with Crippen LogP contribution in [0.15, 0.2) is 45.8 Å². The lowest BCUT2D eigenvalue weighted by Crippen LogP contribution is -2.21. The van der Waals surface area contributed by atoms with Gasteiger partial charge in [-0.3, -0.25) is 4.79 Å². The van der Waals surface area contributed by atoms with Gasteiger partial charge in [0, 0.05) is 6.04 Å². The lowest BCUT2D eigenvalue weighted by atomic mass is 10.1. The molecule has 0 aliphatic heterocycles. The zero-order valence-electron chi connectivity index (χ0n) is 9.98. The van der Waals surface area contributed by atoms with Gasteiger partial charge in [-0.25, -0.2) is 5.10 Å². The second kappa shape index (κ2) is 5.82. The van der Waals surface area contributed by atoms with Crippen LogP contribution in [0.2, 0.25) is 0 Å². The first-order valence-corrected chi connectivity index (χ1v) is 6.50. The number of nitrogens with one attached hydrogen (secondary N) is 2. The Hall–Kier alpha value is -1.62. The van der Waals surface area contributed by atoms with Gasteiger partial charge in [-0.05, 0) is 34.8 Å². The highest BCUT2D eigenvalue weighted by atomic mass is 79.9. The van der Waals surface area contributed by atoms with Crippen molar-refractivity contribution in [3.8, 4) is 0 Å². The summed E-state index contributed by atoms with van der Waals surface area (Å²) in [4.78, 5) is 11.4. The Morgan fingerprint density at radius 2 is 2.11 bits per heavy atom. The van der Waals surface area contributed by atoms with Gasteiger partial charge in [0.25, 0.3) is 5.56 Å². The lowest BCUT2D eigenvalue weighted by Gasteiger charge is -2.15. The fourth-order valence-electron chi connectivity index (χ4n) is 1.77. The molecule has 0 spiro atoms. The third-order valence-corrected chi connectivity index (χ3v) is 3.37. The van der Waals surface area contributed by atoms with Crippen molar-refractivity contribution in [3.05, 3.63) is 56.9 Å². The van der Waals surface area contributed by atoms with E-state index in [2.05, 4.69) is 50.5 Å². The van der Waals surface area contributed by atoms with Crippen LogP contribution in [0.3, 0.4) is 0 Å². The number of anilines is 1. The molecule has 0 aliphatic carbocycles. The summed E-state index contributed by atoms with van der Waals surface area (Å²) in [6.45, 7) is 2.07. The van der Waals surface area contributed by atoms with Crippen molar-refractivity contribution in [1.29, 1.82) is 0 Å². The molecule has 1 aromatic heterocycles. The average Bonchev–Trinajstić information content (AvgIpc) is 2.36. The van der Waals surface area contributed by atoms with Gasteiger partial charge in [-0.1, -0.05) is 30.3 Å². The first-order chi connectivity index (χ1) is 8.66. The quantitative estimate of drug-likeness (QED) is 0.913. The Morgan fingerprint density at radius 1 is 1.39 bits per heavy atom. The van der Waals surface area contributed by atoms with Crippen LogP contribution in [0.1, 0.15) is 12.5 Å². The molecule has 2 rings (SSSR count). The minimum atomic E-state index is -0.230. The van der Waals surface area contributed by atoms with Gasteiger partial charge in [0.2, 0.25) is 0 Å². The molecule has 0 amide bonds. The second-order valence-corrected chi connectivity index (χ2v) is 4.95. The zero-order chi connectivity index (χ0) is 13.0. The molecule has 5 heteroatoms. The van der Waals surface area contributed by atoms with Gasteiger partial charge in [-0.2, -0.15) is 5.10 Å². The van der Waals surface area contributed by atoms with E-state index in [4.69, 9.17) is 0 Å². The van der Waals surface area contributed by atoms with Crippen molar-refractivity contribution in [1.82, 2.24) is 10.2 Å². The number of rotatable bonds is 4. The van der Waals surface area contributed by atoms with Crippen LogP contribution < -0.4 is 10.9 Å². The molecule has 4 nitrogen and oxygen atoms in total. The zero-order valence-corrected chi connectivity index (χ0v) is 11.6. The van der Waals surface area contributed by atoms with E-state index >= 15 is 0 Å². The topological polar surface area (TPSA) is 57.8 Å². The fraction of sp³-hybridized carbons (Fsp3) is 0.231. The average molecular weight is 308 g/mol. The van der Waals surface area contributed by atoms with Crippen molar-refractivity contribution in [2.75, 3.05) is 5.32 Å². The van der Waals surface area contributed by atoms with E-state index in [1.165, 1.54) is 5.56 Å². The summed E-state index contributed by atoms with van der Waals surface area (Å²) >= 11 is 3.25. The maximum Gasteiger partial charge on any atom is 0.280 e. The smallest absolute Gasteiger partial charge is 0.280 e. The van der Waals surface area contributed by atoms with Crippen LogP contribution in [0.5, 0.6) is 0 Å². The molecule has 1 aromatic carbocycles. The molecule has 94 valence electrons. The molecule has 1 atom stereocenters. The number of nitrogens with zero attached hydrogens (tertiary/aromatic N) is 1. The third kappa shape index (κ3) is 3.20. The largest absolute Gasteiger partial charge is 0.380 e. The molecule has 0 saturated carbocycles. The molecule has 0 fully saturated rings. The standard InChI is InChI=1S/C13H14BrN3O/c1-9(7-10-5-3-2-4-6-10)16-11-8-15-17-13(18)12(11)14/h2-6,8-9H,7H2,1H3,(H2,16,17,18). The second-order valence-electron chi connectivity index (χ2n) is 4.16. The SMILES string of the molecule is CC(Cc1ccccc1)Nc1cn[nH]c(=O)c1Br. The molecule has 0 aliphatic rings. The number of hydrogen-bond acceptors (Lipinski definition) is 3. The molecule has 0 radical (unpaired) electrons. The minimum absolute atomic E-state index is 0.215. The van der Waals surface area contributed by atoms with Crippen LogP contribution in [0.4, 0.5) is 5.69 Å². The van der Waals surface area contributed by atoms with Gasteiger partial charge in [0.05, 0.1) is 11.9 Å². The van der Waals surface area contributed by atoms with Crippen LogP contribution in [0.25, 0.3) is 0 Å². The van der Waals surface area contributed by atoms with Crippen molar-refractivity contribution in [2.45, 2.75) is 19.4 Å². The summed E-state index contributed by atoms with van der Waals surface area (Å²) in [5.41, 5.74) is 1.74. The Labute approximate surface area is 114 Å².